The molecule has 3 rings (SSSR count). The van der Waals surface area contributed by atoms with Crippen molar-refractivity contribution in [2.24, 2.45) is 0 Å². The Hall–Kier alpha value is -2.31. The number of hydrogen-bond donors (Lipinski definition) is 3. The van der Waals surface area contributed by atoms with Crippen LogP contribution in [0.2, 0.25) is 0 Å². The van der Waals surface area contributed by atoms with E-state index in [1.807, 2.05) is 36.6 Å². The molecule has 0 spiro atoms. The van der Waals surface area contributed by atoms with Crippen LogP contribution in [-0.2, 0) is 11.2 Å². The van der Waals surface area contributed by atoms with Gasteiger partial charge in [-0.25, -0.2) is 4.79 Å². The van der Waals surface area contributed by atoms with Crippen molar-refractivity contribution in [3.05, 3.63) is 59.2 Å². The van der Waals surface area contributed by atoms with E-state index in [4.69, 9.17) is 0 Å². The summed E-state index contributed by atoms with van der Waals surface area (Å²) in [4.78, 5) is 25.1. The second-order valence-corrected chi connectivity index (χ2v) is 11.7. The number of aliphatic carboxylic acids is 1. The van der Waals surface area contributed by atoms with Crippen LogP contribution in [0.25, 0.3) is 11.1 Å². The first-order valence-corrected chi connectivity index (χ1v) is 15.8. The van der Waals surface area contributed by atoms with Gasteiger partial charge in [-0.05, 0) is 85.8 Å². The first-order chi connectivity index (χ1) is 18.4. The van der Waals surface area contributed by atoms with Gasteiger partial charge >= 0.3 is 5.97 Å². The SMILES string of the molecule is CCCCC(CCc1ccc(C(=O)N[C@@H](CCSC)C(=O)O)c(-c2ccccc2C)c1)NC1CCCCC1. The zero-order valence-electron chi connectivity index (χ0n) is 23.4. The fraction of sp³-hybridized carbons (Fsp3) is 0.562. The van der Waals surface area contributed by atoms with Gasteiger partial charge in [0.1, 0.15) is 6.04 Å². The minimum Gasteiger partial charge on any atom is -0.480 e. The Kier molecular flexibility index (Phi) is 12.7. The Morgan fingerprint density at radius 3 is 2.47 bits per heavy atom. The van der Waals surface area contributed by atoms with Gasteiger partial charge in [0.15, 0.2) is 0 Å². The van der Waals surface area contributed by atoms with Gasteiger partial charge in [-0.15, -0.1) is 0 Å². The molecule has 38 heavy (non-hydrogen) atoms. The van der Waals surface area contributed by atoms with E-state index in [9.17, 15) is 14.7 Å². The lowest BCUT2D eigenvalue weighted by Gasteiger charge is -2.29. The van der Waals surface area contributed by atoms with Gasteiger partial charge in [0.25, 0.3) is 5.91 Å². The van der Waals surface area contributed by atoms with E-state index in [1.54, 1.807) is 11.8 Å². The third kappa shape index (κ3) is 9.16. The van der Waals surface area contributed by atoms with Crippen molar-refractivity contribution in [1.29, 1.82) is 0 Å². The summed E-state index contributed by atoms with van der Waals surface area (Å²) >= 11 is 1.58. The van der Waals surface area contributed by atoms with Crippen LogP contribution < -0.4 is 10.6 Å². The van der Waals surface area contributed by atoms with Crippen molar-refractivity contribution < 1.29 is 14.7 Å². The molecule has 0 radical (unpaired) electrons. The molecule has 2 aromatic carbocycles. The van der Waals surface area contributed by atoms with Crippen LogP contribution in [0, 0.1) is 6.92 Å². The predicted octanol–water partition coefficient (Wildman–Crippen LogP) is 7.01. The van der Waals surface area contributed by atoms with E-state index < -0.39 is 12.0 Å². The Morgan fingerprint density at radius 2 is 1.79 bits per heavy atom. The molecule has 5 nitrogen and oxygen atoms in total. The quantitative estimate of drug-likeness (QED) is 0.227. The van der Waals surface area contributed by atoms with Crippen molar-refractivity contribution in [3.8, 4) is 11.1 Å². The molecule has 3 N–H and O–H groups in total. The van der Waals surface area contributed by atoms with Gasteiger partial charge in [0.05, 0.1) is 0 Å². The second kappa shape index (κ2) is 15.9. The maximum absolute atomic E-state index is 13.4. The van der Waals surface area contributed by atoms with Crippen LogP contribution in [0.15, 0.2) is 42.5 Å². The van der Waals surface area contributed by atoms with E-state index in [2.05, 4.69) is 36.6 Å². The van der Waals surface area contributed by atoms with Crippen molar-refractivity contribution in [1.82, 2.24) is 10.6 Å². The van der Waals surface area contributed by atoms with Gasteiger partial charge in [-0.1, -0.05) is 75.4 Å². The molecule has 1 fully saturated rings. The zero-order chi connectivity index (χ0) is 27.3. The summed E-state index contributed by atoms with van der Waals surface area (Å²) in [6.45, 7) is 4.31. The van der Waals surface area contributed by atoms with E-state index in [-0.39, 0.29) is 5.91 Å². The van der Waals surface area contributed by atoms with Crippen LogP contribution in [0.4, 0.5) is 0 Å². The highest BCUT2D eigenvalue weighted by Gasteiger charge is 2.23. The predicted molar refractivity (Wildman–Crippen MR) is 160 cm³/mol. The summed E-state index contributed by atoms with van der Waals surface area (Å²) in [5, 5.41) is 16.4. The standard InChI is InChI=1S/C32H46N2O3S/c1-4-5-12-26(33-25-13-7-6-8-14-25)18-16-24-17-19-28(29(22-24)27-15-10-9-11-23(27)2)31(35)34-30(32(36)37)20-21-38-3/h9-11,15,17,19,22,25-26,30,33H,4-8,12-14,16,18,20-21H2,1-3H3,(H,34,35)(H,36,37)/t26?,30-/m0/s1. The molecule has 1 saturated carbocycles. The monoisotopic (exact) mass is 538 g/mol. The normalized spacial score (nSPS) is 15.7. The van der Waals surface area contributed by atoms with Gasteiger partial charge < -0.3 is 15.7 Å². The fourth-order valence-corrected chi connectivity index (χ4v) is 5.95. The molecule has 0 heterocycles. The third-order valence-electron chi connectivity index (χ3n) is 7.74. The third-order valence-corrected chi connectivity index (χ3v) is 8.39. The van der Waals surface area contributed by atoms with Crippen LogP contribution in [-0.4, -0.2) is 47.1 Å². The van der Waals surface area contributed by atoms with Crippen LogP contribution in [0.5, 0.6) is 0 Å². The van der Waals surface area contributed by atoms with Crippen molar-refractivity contribution in [3.63, 3.8) is 0 Å². The maximum Gasteiger partial charge on any atom is 0.326 e. The Bertz CT molecular complexity index is 1040. The largest absolute Gasteiger partial charge is 0.480 e. The molecule has 0 bridgehead atoms. The van der Waals surface area contributed by atoms with Crippen molar-refractivity contribution >= 4 is 23.6 Å². The average Bonchev–Trinajstić information content (AvgIpc) is 2.93. The molecule has 1 amide bonds. The lowest BCUT2D eigenvalue weighted by atomic mass is 9.91. The number of hydrogen-bond acceptors (Lipinski definition) is 4. The van der Waals surface area contributed by atoms with E-state index in [0.717, 1.165) is 29.5 Å². The molecule has 2 aromatic rings. The molecule has 0 saturated heterocycles. The molecule has 2 atom stereocenters. The number of aryl methyl sites for hydroxylation is 2. The fourth-order valence-electron chi connectivity index (χ4n) is 5.48. The highest BCUT2D eigenvalue weighted by atomic mass is 32.2. The highest BCUT2D eigenvalue weighted by Crippen LogP contribution is 2.29. The molecule has 1 aliphatic rings. The molecule has 208 valence electrons. The number of amides is 1. The van der Waals surface area contributed by atoms with Crippen molar-refractivity contribution in [2.75, 3.05) is 12.0 Å². The number of carboxylic acid groups (broad SMARTS) is 1. The molecule has 1 unspecified atom stereocenters. The maximum atomic E-state index is 13.4. The van der Waals surface area contributed by atoms with Crippen LogP contribution in [0.3, 0.4) is 0 Å². The number of thioether (sulfide) groups is 1. The molecular weight excluding hydrogens is 492 g/mol. The molecule has 0 aromatic heterocycles. The lowest BCUT2D eigenvalue weighted by Crippen LogP contribution is -2.41. The summed E-state index contributed by atoms with van der Waals surface area (Å²) in [5.41, 5.74) is 4.72. The highest BCUT2D eigenvalue weighted by molar-refractivity contribution is 7.98. The molecule has 0 aliphatic heterocycles. The molecular formula is C32H46N2O3S. The van der Waals surface area contributed by atoms with Gasteiger partial charge in [-0.3, -0.25) is 4.79 Å². The topological polar surface area (TPSA) is 78.4 Å². The van der Waals surface area contributed by atoms with Gasteiger partial charge in [0.2, 0.25) is 0 Å². The van der Waals surface area contributed by atoms with Crippen LogP contribution >= 0.6 is 11.8 Å². The summed E-state index contributed by atoms with van der Waals surface area (Å²) in [6, 6.07) is 14.4. The summed E-state index contributed by atoms with van der Waals surface area (Å²) < 4.78 is 0. The van der Waals surface area contributed by atoms with E-state index >= 15 is 0 Å². The second-order valence-electron chi connectivity index (χ2n) is 10.7. The lowest BCUT2D eigenvalue weighted by molar-refractivity contribution is -0.139. The number of benzene rings is 2. The Balaban J connectivity index is 1.82. The van der Waals surface area contributed by atoms with E-state index in [1.165, 1.54) is 56.9 Å². The number of carbonyl (C=O) groups is 2. The number of nitrogens with one attached hydrogen (secondary N) is 2. The van der Waals surface area contributed by atoms with Crippen molar-refractivity contribution in [2.45, 2.75) is 103 Å². The minimum atomic E-state index is -0.995. The molecule has 6 heteroatoms. The first-order valence-electron chi connectivity index (χ1n) is 14.4. The van der Waals surface area contributed by atoms with Gasteiger partial charge in [-0.2, -0.15) is 11.8 Å². The molecule has 1 aliphatic carbocycles. The zero-order valence-corrected chi connectivity index (χ0v) is 24.2. The number of unbranched alkanes of at least 4 members (excludes halogenated alkanes) is 1. The first kappa shape index (κ1) is 30.2. The summed E-state index contributed by atoms with van der Waals surface area (Å²) in [6.07, 6.45) is 14.6. The number of carbonyl (C=O) groups excluding carboxylic acids is 1. The smallest absolute Gasteiger partial charge is 0.326 e. The van der Waals surface area contributed by atoms with E-state index in [0.29, 0.717) is 29.8 Å². The Labute approximate surface area is 233 Å². The summed E-state index contributed by atoms with van der Waals surface area (Å²) in [5.74, 6) is -0.650. The number of rotatable bonds is 15. The number of carboxylic acids is 1. The Morgan fingerprint density at radius 1 is 1.03 bits per heavy atom. The van der Waals surface area contributed by atoms with Crippen LogP contribution in [0.1, 0.15) is 92.6 Å². The minimum absolute atomic E-state index is 0.330. The average molecular weight is 539 g/mol. The summed E-state index contributed by atoms with van der Waals surface area (Å²) in [7, 11) is 0. The van der Waals surface area contributed by atoms with Gasteiger partial charge in [0, 0.05) is 17.6 Å².